The number of rotatable bonds is 2. The molecular weight excluding hydrogens is 266 g/mol. The topological polar surface area (TPSA) is 74.6 Å². The fourth-order valence-corrected chi connectivity index (χ4v) is 1.79. The number of benzene rings is 1. The van der Waals surface area contributed by atoms with Gasteiger partial charge in [0.1, 0.15) is 0 Å². The molecule has 0 aliphatic heterocycles. The highest BCUT2D eigenvalue weighted by molar-refractivity contribution is 6.47. The number of carboxylic acid groups (broad SMARTS) is 2. The predicted octanol–water partition coefficient (Wildman–Crippen LogP) is 3.04. The summed E-state index contributed by atoms with van der Waals surface area (Å²) in [5, 5.41) is 16.4. The Kier molecular flexibility index (Phi) is 3.44. The average molecular weight is 269 g/mol. The normalized spacial score (nSPS) is 10.1. The number of carbonyl (C=O) groups is 2. The number of aromatic carboxylic acids is 2. The standard InChI is InChI=1S/C8H3Cl3O4/c9-3-1-2(7(12)13)5(10)6(11)4(3)8(14)15/h1H,(H,12,13)(H,14,15). The molecule has 4 nitrogen and oxygen atoms in total. The van der Waals surface area contributed by atoms with Gasteiger partial charge in [0.15, 0.2) is 0 Å². The van der Waals surface area contributed by atoms with Crippen LogP contribution >= 0.6 is 34.8 Å². The SMILES string of the molecule is O=C(O)c1cc(Cl)c(C(=O)O)c(Cl)c1Cl. The lowest BCUT2D eigenvalue weighted by Crippen LogP contribution is -2.04. The Balaban J connectivity index is 3.58. The van der Waals surface area contributed by atoms with Gasteiger partial charge in [0.05, 0.1) is 26.2 Å². The third kappa shape index (κ3) is 2.17. The molecule has 0 atom stereocenters. The van der Waals surface area contributed by atoms with E-state index in [0.717, 1.165) is 6.07 Å². The zero-order valence-electron chi connectivity index (χ0n) is 6.92. The molecule has 0 saturated heterocycles. The predicted molar refractivity (Wildman–Crippen MR) is 55.4 cm³/mol. The molecule has 2 N–H and O–H groups in total. The van der Waals surface area contributed by atoms with Gasteiger partial charge in [-0.05, 0) is 6.07 Å². The summed E-state index contributed by atoms with van der Waals surface area (Å²) in [5.74, 6) is -2.70. The summed E-state index contributed by atoms with van der Waals surface area (Å²) in [7, 11) is 0. The van der Waals surface area contributed by atoms with E-state index in [-0.39, 0.29) is 20.6 Å². The summed E-state index contributed by atoms with van der Waals surface area (Å²) in [6, 6.07) is 0.946. The van der Waals surface area contributed by atoms with E-state index in [1.54, 1.807) is 0 Å². The van der Waals surface area contributed by atoms with Crippen molar-refractivity contribution in [3.63, 3.8) is 0 Å². The monoisotopic (exact) mass is 268 g/mol. The molecule has 0 unspecified atom stereocenters. The molecular formula is C8H3Cl3O4. The van der Waals surface area contributed by atoms with Crippen molar-refractivity contribution in [1.29, 1.82) is 0 Å². The molecule has 0 spiro atoms. The van der Waals surface area contributed by atoms with E-state index in [9.17, 15) is 9.59 Å². The molecule has 1 rings (SSSR count). The lowest BCUT2D eigenvalue weighted by molar-refractivity contribution is 0.0681. The van der Waals surface area contributed by atoms with Crippen molar-refractivity contribution >= 4 is 46.7 Å². The molecule has 0 radical (unpaired) electrons. The Bertz CT molecular complexity index is 456. The van der Waals surface area contributed by atoms with E-state index in [4.69, 9.17) is 45.0 Å². The Morgan fingerprint density at radius 1 is 1.00 bits per heavy atom. The van der Waals surface area contributed by atoms with Crippen molar-refractivity contribution in [3.8, 4) is 0 Å². The van der Waals surface area contributed by atoms with Crippen molar-refractivity contribution in [2.24, 2.45) is 0 Å². The molecule has 0 heterocycles. The third-order valence-corrected chi connectivity index (χ3v) is 2.77. The Morgan fingerprint density at radius 3 is 1.93 bits per heavy atom. The molecule has 0 aromatic heterocycles. The first-order valence-corrected chi connectivity index (χ1v) is 4.63. The number of halogens is 3. The van der Waals surface area contributed by atoms with Crippen molar-refractivity contribution in [2.45, 2.75) is 0 Å². The van der Waals surface area contributed by atoms with Crippen molar-refractivity contribution in [2.75, 3.05) is 0 Å². The van der Waals surface area contributed by atoms with Crippen LogP contribution in [-0.2, 0) is 0 Å². The lowest BCUT2D eigenvalue weighted by atomic mass is 10.1. The summed E-state index contributed by atoms with van der Waals surface area (Å²) < 4.78 is 0. The molecule has 0 aliphatic carbocycles. The maximum atomic E-state index is 10.7. The van der Waals surface area contributed by atoms with Gasteiger partial charge in [-0.15, -0.1) is 0 Å². The molecule has 0 bridgehead atoms. The van der Waals surface area contributed by atoms with Gasteiger partial charge in [-0.2, -0.15) is 0 Å². The summed E-state index contributed by atoms with van der Waals surface area (Å²) >= 11 is 16.7. The smallest absolute Gasteiger partial charge is 0.338 e. The molecule has 15 heavy (non-hydrogen) atoms. The first-order chi connectivity index (χ1) is 6.86. The minimum absolute atomic E-state index is 0.269. The highest BCUT2D eigenvalue weighted by Gasteiger charge is 2.22. The van der Waals surface area contributed by atoms with Crippen LogP contribution in [0.3, 0.4) is 0 Å². The number of hydrogen-bond acceptors (Lipinski definition) is 2. The van der Waals surface area contributed by atoms with Gasteiger partial charge < -0.3 is 10.2 Å². The first-order valence-electron chi connectivity index (χ1n) is 3.50. The molecule has 1 aromatic carbocycles. The number of carboxylic acids is 2. The molecule has 0 amide bonds. The Morgan fingerprint density at radius 2 is 1.53 bits per heavy atom. The summed E-state index contributed by atoms with van der Waals surface area (Å²) in [6.45, 7) is 0. The van der Waals surface area contributed by atoms with Crippen LogP contribution in [0.1, 0.15) is 20.7 Å². The van der Waals surface area contributed by atoms with Gasteiger partial charge in [-0.3, -0.25) is 0 Å². The van der Waals surface area contributed by atoms with Gasteiger partial charge >= 0.3 is 11.9 Å². The summed E-state index contributed by atoms with van der Waals surface area (Å²) in [6.07, 6.45) is 0. The molecule has 0 fully saturated rings. The maximum absolute atomic E-state index is 10.7. The van der Waals surface area contributed by atoms with Crippen LogP contribution < -0.4 is 0 Å². The molecule has 0 aliphatic rings. The van der Waals surface area contributed by atoms with Crippen molar-refractivity contribution < 1.29 is 19.8 Å². The molecule has 7 heteroatoms. The van der Waals surface area contributed by atoms with E-state index in [1.807, 2.05) is 0 Å². The largest absolute Gasteiger partial charge is 0.478 e. The van der Waals surface area contributed by atoms with Crippen LogP contribution in [0.25, 0.3) is 0 Å². The zero-order chi connectivity index (χ0) is 11.7. The second-order valence-electron chi connectivity index (χ2n) is 2.52. The summed E-state index contributed by atoms with van der Waals surface area (Å²) in [4.78, 5) is 21.4. The van der Waals surface area contributed by atoms with Gasteiger partial charge in [0, 0.05) is 0 Å². The van der Waals surface area contributed by atoms with Gasteiger partial charge in [0.25, 0.3) is 0 Å². The van der Waals surface area contributed by atoms with E-state index in [2.05, 4.69) is 0 Å². The zero-order valence-corrected chi connectivity index (χ0v) is 9.19. The van der Waals surface area contributed by atoms with Crippen LogP contribution in [0.4, 0.5) is 0 Å². The minimum Gasteiger partial charge on any atom is -0.478 e. The Labute approximate surface area is 99.0 Å². The Hall–Kier alpha value is -0.970. The highest BCUT2D eigenvalue weighted by Crippen LogP contribution is 2.34. The van der Waals surface area contributed by atoms with Crippen LogP contribution in [0, 0.1) is 0 Å². The average Bonchev–Trinajstić information content (AvgIpc) is 2.10. The molecule has 0 saturated carbocycles. The second-order valence-corrected chi connectivity index (χ2v) is 3.68. The second kappa shape index (κ2) is 4.26. The fourth-order valence-electron chi connectivity index (χ4n) is 0.947. The quantitative estimate of drug-likeness (QED) is 0.809. The van der Waals surface area contributed by atoms with E-state index in [1.165, 1.54) is 0 Å². The third-order valence-electron chi connectivity index (χ3n) is 1.60. The van der Waals surface area contributed by atoms with Gasteiger partial charge in [-0.25, -0.2) is 9.59 Å². The van der Waals surface area contributed by atoms with E-state index >= 15 is 0 Å². The van der Waals surface area contributed by atoms with Crippen LogP contribution in [-0.4, -0.2) is 22.2 Å². The fraction of sp³-hybridized carbons (Fsp3) is 0. The number of hydrogen-bond donors (Lipinski definition) is 2. The van der Waals surface area contributed by atoms with Gasteiger partial charge in [-0.1, -0.05) is 34.8 Å². The first kappa shape index (κ1) is 12.1. The van der Waals surface area contributed by atoms with E-state index in [0.29, 0.717) is 0 Å². The van der Waals surface area contributed by atoms with Gasteiger partial charge in [0.2, 0.25) is 0 Å². The van der Waals surface area contributed by atoms with Crippen LogP contribution in [0.15, 0.2) is 6.07 Å². The van der Waals surface area contributed by atoms with Crippen LogP contribution in [0.2, 0.25) is 15.1 Å². The maximum Gasteiger partial charge on any atom is 0.338 e. The van der Waals surface area contributed by atoms with E-state index < -0.39 is 17.5 Å². The lowest BCUT2D eigenvalue weighted by Gasteiger charge is -2.06. The highest BCUT2D eigenvalue weighted by atomic mass is 35.5. The minimum atomic E-state index is -1.37. The molecule has 1 aromatic rings. The van der Waals surface area contributed by atoms with Crippen molar-refractivity contribution in [3.05, 3.63) is 32.3 Å². The van der Waals surface area contributed by atoms with Crippen LogP contribution in [0.5, 0.6) is 0 Å². The van der Waals surface area contributed by atoms with Crippen molar-refractivity contribution in [1.82, 2.24) is 0 Å². The summed E-state index contributed by atoms with van der Waals surface area (Å²) in [5.41, 5.74) is -0.745. The molecule has 80 valence electrons.